The topological polar surface area (TPSA) is 86.1 Å². The highest BCUT2D eigenvalue weighted by Gasteiger charge is 2.22. The van der Waals surface area contributed by atoms with Gasteiger partial charge in [-0.2, -0.15) is 0 Å². The highest BCUT2D eigenvalue weighted by Crippen LogP contribution is 2.33. The van der Waals surface area contributed by atoms with E-state index in [0.29, 0.717) is 22.3 Å². The highest BCUT2D eigenvalue weighted by molar-refractivity contribution is 7.99. The second kappa shape index (κ2) is 9.55. The summed E-state index contributed by atoms with van der Waals surface area (Å²) in [6.07, 6.45) is 0. The van der Waals surface area contributed by atoms with Gasteiger partial charge in [-0.3, -0.25) is 4.79 Å². The molecule has 0 fully saturated rings. The van der Waals surface area contributed by atoms with Gasteiger partial charge in [0.25, 0.3) is 0 Å². The molecular formula is C19H22N4O3S3. The predicted octanol–water partition coefficient (Wildman–Crippen LogP) is 4.61. The Morgan fingerprint density at radius 2 is 2.07 bits per heavy atom. The highest BCUT2D eigenvalue weighted by atomic mass is 32.2. The van der Waals surface area contributed by atoms with E-state index < -0.39 is 5.97 Å². The van der Waals surface area contributed by atoms with Crippen LogP contribution in [0.4, 0.5) is 5.00 Å². The number of nitrogens with zero attached hydrogens (tertiary/aromatic N) is 3. The van der Waals surface area contributed by atoms with E-state index >= 15 is 0 Å². The van der Waals surface area contributed by atoms with Gasteiger partial charge < -0.3 is 14.6 Å². The zero-order valence-corrected chi connectivity index (χ0v) is 19.1. The van der Waals surface area contributed by atoms with Crippen molar-refractivity contribution in [2.24, 2.45) is 0 Å². The molecule has 29 heavy (non-hydrogen) atoms. The molecule has 0 saturated heterocycles. The van der Waals surface area contributed by atoms with Crippen LogP contribution in [0.5, 0.6) is 0 Å². The lowest BCUT2D eigenvalue weighted by Gasteiger charge is -2.08. The summed E-state index contributed by atoms with van der Waals surface area (Å²) in [7, 11) is 0. The molecule has 0 spiro atoms. The molecule has 0 aliphatic heterocycles. The largest absolute Gasteiger partial charge is 0.462 e. The van der Waals surface area contributed by atoms with Gasteiger partial charge in [0.15, 0.2) is 11.0 Å². The first-order chi connectivity index (χ1) is 14.0. The molecule has 3 aromatic heterocycles. The predicted molar refractivity (Wildman–Crippen MR) is 118 cm³/mol. The smallest absolute Gasteiger partial charge is 0.341 e. The molecular weight excluding hydrogens is 428 g/mol. The van der Waals surface area contributed by atoms with Crippen LogP contribution in [-0.2, 0) is 16.1 Å². The summed E-state index contributed by atoms with van der Waals surface area (Å²) in [5, 5.41) is 14.6. The van der Waals surface area contributed by atoms with Gasteiger partial charge in [-0.25, -0.2) is 4.79 Å². The van der Waals surface area contributed by atoms with E-state index in [4.69, 9.17) is 4.74 Å². The van der Waals surface area contributed by atoms with Gasteiger partial charge >= 0.3 is 5.97 Å². The first-order valence-electron chi connectivity index (χ1n) is 9.13. The third-order valence-electron chi connectivity index (χ3n) is 4.22. The summed E-state index contributed by atoms with van der Waals surface area (Å²) in [5.41, 5.74) is 1.27. The van der Waals surface area contributed by atoms with E-state index in [2.05, 4.69) is 15.5 Å². The van der Waals surface area contributed by atoms with Crippen molar-refractivity contribution < 1.29 is 14.3 Å². The molecule has 3 aromatic rings. The number of aryl methyl sites for hydroxylation is 1. The molecule has 1 amide bonds. The van der Waals surface area contributed by atoms with Crippen LogP contribution >= 0.6 is 34.4 Å². The maximum atomic E-state index is 12.5. The molecule has 0 unspecified atom stereocenters. The van der Waals surface area contributed by atoms with Crippen LogP contribution in [0.2, 0.25) is 0 Å². The molecule has 3 rings (SSSR count). The number of carbonyl (C=O) groups excluding carboxylic acids is 2. The number of anilines is 1. The van der Waals surface area contributed by atoms with Crippen LogP contribution in [-0.4, -0.2) is 39.0 Å². The minimum Gasteiger partial charge on any atom is -0.462 e. The van der Waals surface area contributed by atoms with Gasteiger partial charge in [-0.05, 0) is 44.7 Å². The summed E-state index contributed by atoms with van der Waals surface area (Å²) < 4.78 is 7.13. The number of amides is 1. The Kier molecular flexibility index (Phi) is 7.09. The minimum atomic E-state index is -0.413. The third kappa shape index (κ3) is 4.71. The van der Waals surface area contributed by atoms with Crippen molar-refractivity contribution in [2.75, 3.05) is 17.7 Å². The van der Waals surface area contributed by atoms with E-state index in [1.54, 1.807) is 18.3 Å². The Labute approximate surface area is 181 Å². The van der Waals surface area contributed by atoms with Crippen molar-refractivity contribution in [3.05, 3.63) is 33.5 Å². The molecule has 1 N–H and O–H groups in total. The van der Waals surface area contributed by atoms with Gasteiger partial charge in [0.1, 0.15) is 5.00 Å². The van der Waals surface area contributed by atoms with E-state index in [-0.39, 0.29) is 18.3 Å². The summed E-state index contributed by atoms with van der Waals surface area (Å²) >= 11 is 4.31. The standard InChI is InChI=1S/C19H22N4O3S3/c1-5-23-16(13-8-7-9-27-13)21-22-19(23)28-10-14(24)20-17-15(18(25)26-6-2)11(3)12(4)29-17/h7-9H,5-6,10H2,1-4H3,(H,20,24). The fraction of sp³-hybridized carbons (Fsp3) is 0.368. The molecule has 0 aromatic carbocycles. The number of thioether (sulfide) groups is 1. The number of thiophene rings is 2. The number of carbonyl (C=O) groups is 2. The van der Waals surface area contributed by atoms with Gasteiger partial charge in [-0.15, -0.1) is 32.9 Å². The molecule has 0 aliphatic carbocycles. The molecule has 3 heterocycles. The van der Waals surface area contributed by atoms with Crippen molar-refractivity contribution in [3.63, 3.8) is 0 Å². The average Bonchev–Trinajstić information content (AvgIpc) is 3.40. The van der Waals surface area contributed by atoms with E-state index in [1.807, 2.05) is 42.9 Å². The van der Waals surface area contributed by atoms with Gasteiger partial charge in [0, 0.05) is 11.4 Å². The van der Waals surface area contributed by atoms with Crippen molar-refractivity contribution >= 4 is 51.3 Å². The number of ether oxygens (including phenoxy) is 1. The number of esters is 1. The first kappa shape index (κ1) is 21.5. The fourth-order valence-electron chi connectivity index (χ4n) is 2.73. The number of rotatable bonds is 8. The fourth-order valence-corrected chi connectivity index (χ4v) is 5.31. The van der Waals surface area contributed by atoms with Crippen LogP contribution in [0.1, 0.15) is 34.6 Å². The zero-order chi connectivity index (χ0) is 21.0. The minimum absolute atomic E-state index is 0.167. The molecule has 0 saturated carbocycles. The molecule has 0 bridgehead atoms. The Bertz CT molecular complexity index is 1010. The molecule has 0 aliphatic rings. The Morgan fingerprint density at radius 1 is 1.28 bits per heavy atom. The van der Waals surface area contributed by atoms with Crippen LogP contribution in [0, 0.1) is 13.8 Å². The summed E-state index contributed by atoms with van der Waals surface area (Å²) in [6.45, 7) is 8.56. The number of hydrogen-bond donors (Lipinski definition) is 1. The van der Waals surface area contributed by atoms with Crippen molar-refractivity contribution in [1.82, 2.24) is 14.8 Å². The lowest BCUT2D eigenvalue weighted by molar-refractivity contribution is -0.113. The maximum Gasteiger partial charge on any atom is 0.341 e. The number of hydrogen-bond acceptors (Lipinski definition) is 8. The Hall–Kier alpha value is -2.17. The Morgan fingerprint density at radius 3 is 2.72 bits per heavy atom. The lowest BCUT2D eigenvalue weighted by Crippen LogP contribution is -2.17. The van der Waals surface area contributed by atoms with Crippen LogP contribution in [0.25, 0.3) is 10.7 Å². The first-order valence-corrected chi connectivity index (χ1v) is 11.8. The summed E-state index contributed by atoms with van der Waals surface area (Å²) in [5.74, 6) is 0.356. The quantitative estimate of drug-likeness (QED) is 0.398. The lowest BCUT2D eigenvalue weighted by atomic mass is 10.1. The summed E-state index contributed by atoms with van der Waals surface area (Å²) in [4.78, 5) is 26.8. The van der Waals surface area contributed by atoms with Crippen LogP contribution in [0.3, 0.4) is 0 Å². The molecule has 0 radical (unpaired) electrons. The number of aromatic nitrogens is 3. The van der Waals surface area contributed by atoms with E-state index in [0.717, 1.165) is 21.1 Å². The maximum absolute atomic E-state index is 12.5. The molecule has 10 heteroatoms. The second-order valence-corrected chi connectivity index (χ2v) is 9.19. The van der Waals surface area contributed by atoms with Gasteiger partial charge in [0.2, 0.25) is 5.91 Å². The van der Waals surface area contributed by atoms with Crippen LogP contribution < -0.4 is 5.32 Å². The normalized spacial score (nSPS) is 10.9. The monoisotopic (exact) mass is 450 g/mol. The van der Waals surface area contributed by atoms with E-state index in [1.165, 1.54) is 23.1 Å². The van der Waals surface area contributed by atoms with E-state index in [9.17, 15) is 9.59 Å². The van der Waals surface area contributed by atoms with Crippen molar-refractivity contribution in [2.45, 2.75) is 39.4 Å². The SMILES string of the molecule is CCOC(=O)c1c(NC(=O)CSc2nnc(-c3cccs3)n2CC)sc(C)c1C. The van der Waals surface area contributed by atoms with Crippen LogP contribution in [0.15, 0.2) is 22.7 Å². The van der Waals surface area contributed by atoms with Crippen molar-refractivity contribution in [3.8, 4) is 10.7 Å². The summed E-state index contributed by atoms with van der Waals surface area (Å²) in [6, 6.07) is 3.97. The molecule has 154 valence electrons. The Balaban J connectivity index is 1.70. The molecule has 7 nitrogen and oxygen atoms in total. The molecule has 0 atom stereocenters. The third-order valence-corrected chi connectivity index (χ3v) is 7.18. The van der Waals surface area contributed by atoms with Gasteiger partial charge in [0.05, 0.1) is 22.8 Å². The average molecular weight is 451 g/mol. The number of nitrogens with one attached hydrogen (secondary N) is 1. The zero-order valence-electron chi connectivity index (χ0n) is 16.6. The van der Waals surface area contributed by atoms with Gasteiger partial charge in [-0.1, -0.05) is 17.8 Å². The van der Waals surface area contributed by atoms with Crippen molar-refractivity contribution in [1.29, 1.82) is 0 Å². The second-order valence-electron chi connectivity index (χ2n) is 6.07.